The van der Waals surface area contributed by atoms with Crippen LogP contribution in [-0.2, 0) is 14.3 Å². The van der Waals surface area contributed by atoms with Crippen molar-refractivity contribution in [2.75, 3.05) is 13.2 Å². The number of halogens is 1. The zero-order valence-corrected chi connectivity index (χ0v) is 13.1. The van der Waals surface area contributed by atoms with Crippen LogP contribution in [0, 0.1) is 5.92 Å². The Kier molecular flexibility index (Phi) is 5.76. The molecule has 1 aliphatic heterocycles. The largest absolute Gasteiger partial charge is 0.481 e. The Balaban J connectivity index is 2.08. The fourth-order valence-corrected chi connectivity index (χ4v) is 2.82. The van der Waals surface area contributed by atoms with Crippen LogP contribution in [0.2, 0.25) is 0 Å². The summed E-state index contributed by atoms with van der Waals surface area (Å²) in [6.45, 7) is 1.16. The van der Waals surface area contributed by atoms with Crippen LogP contribution in [0.15, 0.2) is 28.7 Å². The van der Waals surface area contributed by atoms with E-state index in [-0.39, 0.29) is 18.2 Å². The molecular formula is C15H18BrNO4. The number of nitrogens with one attached hydrogen (secondary N) is 1. The molecule has 1 saturated heterocycles. The van der Waals surface area contributed by atoms with Gasteiger partial charge in [-0.15, -0.1) is 0 Å². The summed E-state index contributed by atoms with van der Waals surface area (Å²) >= 11 is 3.36. The molecule has 0 spiro atoms. The lowest BCUT2D eigenvalue weighted by Crippen LogP contribution is -2.37. The fraction of sp³-hybridized carbons (Fsp3) is 0.467. The summed E-state index contributed by atoms with van der Waals surface area (Å²) in [5.41, 5.74) is 0.784. The Labute approximate surface area is 131 Å². The number of amides is 1. The van der Waals surface area contributed by atoms with Gasteiger partial charge in [-0.2, -0.15) is 0 Å². The van der Waals surface area contributed by atoms with Crippen LogP contribution >= 0.6 is 15.9 Å². The van der Waals surface area contributed by atoms with E-state index in [0.29, 0.717) is 26.1 Å². The Morgan fingerprint density at radius 1 is 1.38 bits per heavy atom. The molecular weight excluding hydrogens is 338 g/mol. The minimum Gasteiger partial charge on any atom is -0.481 e. The van der Waals surface area contributed by atoms with Gasteiger partial charge in [0.05, 0.1) is 12.5 Å². The average molecular weight is 356 g/mol. The van der Waals surface area contributed by atoms with Gasteiger partial charge in [-0.05, 0) is 30.5 Å². The molecule has 0 radical (unpaired) electrons. The third-order valence-electron chi connectivity index (χ3n) is 3.54. The monoisotopic (exact) mass is 355 g/mol. The summed E-state index contributed by atoms with van der Waals surface area (Å²) in [5, 5.41) is 11.9. The summed E-state index contributed by atoms with van der Waals surface area (Å²) in [5.74, 6) is -1.13. The number of benzene rings is 1. The second kappa shape index (κ2) is 7.56. The van der Waals surface area contributed by atoms with E-state index in [9.17, 15) is 9.59 Å². The topological polar surface area (TPSA) is 75.6 Å². The molecule has 1 heterocycles. The number of aliphatic carboxylic acids is 1. The van der Waals surface area contributed by atoms with E-state index in [0.717, 1.165) is 10.0 Å². The molecule has 1 aromatic rings. The SMILES string of the molecule is O=C(O)CC(NC(=O)C1CCOCC1)c1cccc(Br)c1. The first-order valence-corrected chi connectivity index (χ1v) is 7.71. The number of carboxylic acid groups (broad SMARTS) is 1. The summed E-state index contributed by atoms with van der Waals surface area (Å²) in [4.78, 5) is 23.3. The number of carbonyl (C=O) groups is 2. The maximum absolute atomic E-state index is 12.3. The number of hydrogen-bond donors (Lipinski definition) is 2. The van der Waals surface area contributed by atoms with E-state index < -0.39 is 12.0 Å². The van der Waals surface area contributed by atoms with Crippen molar-refractivity contribution in [3.05, 3.63) is 34.3 Å². The van der Waals surface area contributed by atoms with Crippen LogP contribution in [0.25, 0.3) is 0 Å². The molecule has 0 saturated carbocycles. The molecule has 1 fully saturated rings. The van der Waals surface area contributed by atoms with Crippen molar-refractivity contribution in [3.63, 3.8) is 0 Å². The predicted molar refractivity (Wildman–Crippen MR) is 80.8 cm³/mol. The summed E-state index contributed by atoms with van der Waals surface area (Å²) in [7, 11) is 0. The molecule has 0 aromatic heterocycles. The van der Waals surface area contributed by atoms with Crippen molar-refractivity contribution in [2.45, 2.75) is 25.3 Å². The molecule has 1 aromatic carbocycles. The van der Waals surface area contributed by atoms with E-state index in [4.69, 9.17) is 9.84 Å². The average Bonchev–Trinajstić information content (AvgIpc) is 2.47. The molecule has 1 unspecified atom stereocenters. The van der Waals surface area contributed by atoms with Gasteiger partial charge in [0, 0.05) is 23.6 Å². The standard InChI is InChI=1S/C15H18BrNO4/c16-12-3-1-2-11(8-12)13(9-14(18)19)17-15(20)10-4-6-21-7-5-10/h1-3,8,10,13H,4-7,9H2,(H,17,20)(H,18,19). The second-order valence-corrected chi connectivity index (χ2v) is 6.02. The molecule has 6 heteroatoms. The van der Waals surface area contributed by atoms with Crippen molar-refractivity contribution in [3.8, 4) is 0 Å². The lowest BCUT2D eigenvalue weighted by atomic mass is 9.97. The minimum absolute atomic E-state index is 0.0930. The Hall–Kier alpha value is -1.40. The van der Waals surface area contributed by atoms with Gasteiger partial charge >= 0.3 is 5.97 Å². The van der Waals surface area contributed by atoms with Gasteiger partial charge in [0.25, 0.3) is 0 Å². The van der Waals surface area contributed by atoms with Gasteiger partial charge in [-0.1, -0.05) is 28.1 Å². The number of ether oxygens (including phenoxy) is 1. The first-order chi connectivity index (χ1) is 10.1. The van der Waals surface area contributed by atoms with Crippen LogP contribution in [0.5, 0.6) is 0 Å². The molecule has 21 heavy (non-hydrogen) atoms. The van der Waals surface area contributed by atoms with E-state index in [1.807, 2.05) is 24.3 Å². The molecule has 0 aliphatic carbocycles. The minimum atomic E-state index is -0.938. The lowest BCUT2D eigenvalue weighted by Gasteiger charge is -2.24. The van der Waals surface area contributed by atoms with Crippen LogP contribution < -0.4 is 5.32 Å². The van der Waals surface area contributed by atoms with Gasteiger partial charge in [0.1, 0.15) is 0 Å². The maximum atomic E-state index is 12.3. The van der Waals surface area contributed by atoms with Crippen molar-refractivity contribution in [1.29, 1.82) is 0 Å². The smallest absolute Gasteiger partial charge is 0.305 e. The van der Waals surface area contributed by atoms with Crippen LogP contribution in [0.4, 0.5) is 0 Å². The van der Waals surface area contributed by atoms with Gasteiger partial charge < -0.3 is 15.2 Å². The van der Waals surface area contributed by atoms with Crippen LogP contribution in [-0.4, -0.2) is 30.2 Å². The molecule has 1 atom stereocenters. The predicted octanol–water partition coefficient (Wildman–Crippen LogP) is 2.51. The molecule has 5 nitrogen and oxygen atoms in total. The fourth-order valence-electron chi connectivity index (χ4n) is 2.40. The second-order valence-electron chi connectivity index (χ2n) is 5.10. The molecule has 1 aliphatic rings. The molecule has 1 amide bonds. The molecule has 2 rings (SSSR count). The van der Waals surface area contributed by atoms with Crippen molar-refractivity contribution in [2.24, 2.45) is 5.92 Å². The van der Waals surface area contributed by atoms with E-state index in [1.165, 1.54) is 0 Å². The zero-order valence-electron chi connectivity index (χ0n) is 11.5. The van der Waals surface area contributed by atoms with Crippen molar-refractivity contribution < 1.29 is 19.4 Å². The maximum Gasteiger partial charge on any atom is 0.305 e. The quantitative estimate of drug-likeness (QED) is 0.850. The third-order valence-corrected chi connectivity index (χ3v) is 4.03. The molecule has 0 bridgehead atoms. The highest BCUT2D eigenvalue weighted by molar-refractivity contribution is 9.10. The Morgan fingerprint density at radius 2 is 2.10 bits per heavy atom. The summed E-state index contributed by atoms with van der Waals surface area (Å²) in [6.07, 6.45) is 1.24. The normalized spacial score (nSPS) is 17.2. The highest BCUT2D eigenvalue weighted by Crippen LogP contribution is 2.23. The van der Waals surface area contributed by atoms with E-state index >= 15 is 0 Å². The highest BCUT2D eigenvalue weighted by atomic mass is 79.9. The number of rotatable bonds is 5. The van der Waals surface area contributed by atoms with Gasteiger partial charge in [-0.25, -0.2) is 0 Å². The van der Waals surface area contributed by atoms with E-state index in [2.05, 4.69) is 21.2 Å². The first-order valence-electron chi connectivity index (χ1n) is 6.91. The zero-order chi connectivity index (χ0) is 15.2. The van der Waals surface area contributed by atoms with Gasteiger partial charge in [-0.3, -0.25) is 9.59 Å². The van der Waals surface area contributed by atoms with Crippen molar-refractivity contribution in [1.82, 2.24) is 5.32 Å². The first kappa shape index (κ1) is 16.0. The van der Waals surface area contributed by atoms with Crippen LogP contribution in [0.3, 0.4) is 0 Å². The van der Waals surface area contributed by atoms with E-state index in [1.54, 1.807) is 0 Å². The van der Waals surface area contributed by atoms with Gasteiger partial charge in [0.15, 0.2) is 0 Å². The molecule has 114 valence electrons. The third kappa shape index (κ3) is 4.82. The lowest BCUT2D eigenvalue weighted by molar-refractivity contribution is -0.138. The van der Waals surface area contributed by atoms with Crippen LogP contribution in [0.1, 0.15) is 30.9 Å². The summed E-state index contributed by atoms with van der Waals surface area (Å²) in [6, 6.07) is 6.83. The highest BCUT2D eigenvalue weighted by Gasteiger charge is 2.25. The Bertz CT molecular complexity index is 514. The number of hydrogen-bond acceptors (Lipinski definition) is 3. The Morgan fingerprint density at radius 3 is 2.71 bits per heavy atom. The molecule has 2 N–H and O–H groups in total. The number of carbonyl (C=O) groups excluding carboxylic acids is 1. The van der Waals surface area contributed by atoms with Gasteiger partial charge in [0.2, 0.25) is 5.91 Å². The number of carboxylic acids is 1. The van der Waals surface area contributed by atoms with Crippen molar-refractivity contribution >= 4 is 27.8 Å². The summed E-state index contributed by atoms with van der Waals surface area (Å²) < 4.78 is 6.10.